The fourth-order valence-corrected chi connectivity index (χ4v) is 3.30. The van der Waals surface area contributed by atoms with Crippen molar-refractivity contribution >= 4 is 17.4 Å². The normalized spacial score (nSPS) is 20.0. The van der Waals surface area contributed by atoms with Gasteiger partial charge in [-0.15, -0.1) is 0 Å². The molecule has 0 aliphatic carbocycles. The summed E-state index contributed by atoms with van der Waals surface area (Å²) in [5, 5.41) is 0.754. The summed E-state index contributed by atoms with van der Waals surface area (Å²) in [6.07, 6.45) is 3.61. The molecule has 1 aliphatic heterocycles. The van der Waals surface area contributed by atoms with Crippen LogP contribution in [0.4, 0.5) is 0 Å². The smallest absolute Gasteiger partial charge is 0.137 e. The van der Waals surface area contributed by atoms with E-state index in [-0.39, 0.29) is 0 Å². The van der Waals surface area contributed by atoms with Crippen LogP contribution in [0, 0.1) is 12.8 Å². The second-order valence-corrected chi connectivity index (χ2v) is 7.01. The third-order valence-corrected chi connectivity index (χ3v) is 4.84. The molecule has 1 heterocycles. The number of rotatable bonds is 5. The van der Waals surface area contributed by atoms with Crippen LogP contribution in [-0.2, 0) is 11.2 Å². The zero-order valence-electron chi connectivity index (χ0n) is 13.4. The van der Waals surface area contributed by atoms with Crippen LogP contribution in [-0.4, -0.2) is 29.8 Å². The van der Waals surface area contributed by atoms with E-state index in [1.807, 2.05) is 25.1 Å². The lowest BCUT2D eigenvalue weighted by Gasteiger charge is -2.35. The molecule has 0 spiro atoms. The number of Topliss-reactive ketones (excluding diaryl/α,β-unsaturated/α-hetero) is 1. The molecular formula is C18H26ClNO. The van der Waals surface area contributed by atoms with Crippen molar-refractivity contribution in [1.82, 2.24) is 4.90 Å². The Hall–Kier alpha value is -0.860. The number of piperidine rings is 1. The van der Waals surface area contributed by atoms with Crippen LogP contribution in [0.15, 0.2) is 18.2 Å². The minimum absolute atomic E-state index is 0.338. The lowest BCUT2D eigenvalue weighted by Crippen LogP contribution is -2.40. The van der Waals surface area contributed by atoms with Crippen molar-refractivity contribution in [3.63, 3.8) is 0 Å². The highest BCUT2D eigenvalue weighted by molar-refractivity contribution is 6.31. The Morgan fingerprint density at radius 3 is 2.86 bits per heavy atom. The number of carbonyl (C=O) groups excluding carboxylic acids is 1. The number of hydrogen-bond acceptors (Lipinski definition) is 2. The van der Waals surface area contributed by atoms with Crippen LogP contribution in [0.2, 0.25) is 5.02 Å². The van der Waals surface area contributed by atoms with Gasteiger partial charge in [0.05, 0.1) is 0 Å². The number of benzene rings is 1. The molecule has 1 aromatic rings. The molecule has 0 saturated carbocycles. The monoisotopic (exact) mass is 307 g/mol. The predicted octanol–water partition coefficient (Wildman–Crippen LogP) is 4.27. The Kier molecular flexibility index (Phi) is 5.83. The number of carbonyl (C=O) groups is 1. The van der Waals surface area contributed by atoms with Crippen LogP contribution in [0.3, 0.4) is 0 Å². The highest BCUT2D eigenvalue weighted by Gasteiger charge is 2.23. The van der Waals surface area contributed by atoms with E-state index in [9.17, 15) is 4.79 Å². The Balaban J connectivity index is 1.87. The maximum atomic E-state index is 12.3. The standard InChI is InChI=1S/C18H26ClNO/c1-13(2)20-8-4-5-16(12-20)10-17(21)9-15-7-6-14(3)18(19)11-15/h6-7,11,13,16H,4-5,8-10,12H2,1-3H3/t16-/m0/s1. The van der Waals surface area contributed by atoms with E-state index in [1.165, 1.54) is 19.4 Å². The van der Waals surface area contributed by atoms with E-state index in [0.29, 0.717) is 30.6 Å². The summed E-state index contributed by atoms with van der Waals surface area (Å²) in [5.74, 6) is 0.861. The van der Waals surface area contributed by atoms with Crippen molar-refractivity contribution in [2.45, 2.75) is 52.5 Å². The first-order valence-electron chi connectivity index (χ1n) is 7.96. The molecule has 3 heteroatoms. The molecule has 0 N–H and O–H groups in total. The van der Waals surface area contributed by atoms with Crippen molar-refractivity contribution in [3.05, 3.63) is 34.3 Å². The largest absolute Gasteiger partial charge is 0.301 e. The van der Waals surface area contributed by atoms with Crippen molar-refractivity contribution in [1.29, 1.82) is 0 Å². The minimum atomic E-state index is 0.338. The highest BCUT2D eigenvalue weighted by atomic mass is 35.5. The first-order chi connectivity index (χ1) is 9.95. The number of halogens is 1. The maximum absolute atomic E-state index is 12.3. The third kappa shape index (κ3) is 4.82. The van der Waals surface area contributed by atoms with Crippen LogP contribution < -0.4 is 0 Å². The van der Waals surface area contributed by atoms with Gasteiger partial charge in [-0.1, -0.05) is 23.7 Å². The first kappa shape index (κ1) is 16.5. The average molecular weight is 308 g/mol. The van der Waals surface area contributed by atoms with E-state index in [1.54, 1.807) is 0 Å². The fraction of sp³-hybridized carbons (Fsp3) is 0.611. The summed E-state index contributed by atoms with van der Waals surface area (Å²) in [6, 6.07) is 6.52. The molecular weight excluding hydrogens is 282 g/mol. The zero-order chi connectivity index (χ0) is 15.4. The summed E-state index contributed by atoms with van der Waals surface area (Å²) >= 11 is 6.13. The van der Waals surface area contributed by atoms with Gasteiger partial charge in [-0.3, -0.25) is 4.79 Å². The van der Waals surface area contributed by atoms with Gasteiger partial charge in [0, 0.05) is 30.5 Å². The molecule has 1 fully saturated rings. The third-order valence-electron chi connectivity index (χ3n) is 4.43. The molecule has 0 amide bonds. The number of aryl methyl sites for hydroxylation is 1. The van der Waals surface area contributed by atoms with Crippen LogP contribution >= 0.6 is 11.6 Å². The van der Waals surface area contributed by atoms with Gasteiger partial charge >= 0.3 is 0 Å². The van der Waals surface area contributed by atoms with Crippen molar-refractivity contribution < 1.29 is 4.79 Å². The van der Waals surface area contributed by atoms with Gasteiger partial charge in [0.1, 0.15) is 5.78 Å². The second-order valence-electron chi connectivity index (χ2n) is 6.60. The Bertz CT molecular complexity index is 498. The van der Waals surface area contributed by atoms with Crippen LogP contribution in [0.5, 0.6) is 0 Å². The molecule has 1 saturated heterocycles. The molecule has 1 atom stereocenters. The lowest BCUT2D eigenvalue weighted by atomic mass is 9.90. The molecule has 1 aliphatic rings. The van der Waals surface area contributed by atoms with Crippen LogP contribution in [0.1, 0.15) is 44.2 Å². The zero-order valence-corrected chi connectivity index (χ0v) is 14.1. The van der Waals surface area contributed by atoms with Gasteiger partial charge in [-0.05, 0) is 63.3 Å². The molecule has 1 aromatic carbocycles. The molecule has 2 rings (SSSR count). The molecule has 0 unspecified atom stereocenters. The van der Waals surface area contributed by atoms with E-state index >= 15 is 0 Å². The Morgan fingerprint density at radius 1 is 1.43 bits per heavy atom. The molecule has 0 radical (unpaired) electrons. The van der Waals surface area contributed by atoms with Crippen molar-refractivity contribution in [2.24, 2.45) is 5.92 Å². The quantitative estimate of drug-likeness (QED) is 0.809. The summed E-state index contributed by atoms with van der Waals surface area (Å²) in [4.78, 5) is 14.8. The van der Waals surface area contributed by atoms with Gasteiger partial charge in [0.2, 0.25) is 0 Å². The number of hydrogen-bond donors (Lipinski definition) is 0. The highest BCUT2D eigenvalue weighted by Crippen LogP contribution is 2.23. The van der Waals surface area contributed by atoms with Crippen molar-refractivity contribution in [2.75, 3.05) is 13.1 Å². The topological polar surface area (TPSA) is 20.3 Å². The second kappa shape index (κ2) is 7.42. The molecule has 0 aromatic heterocycles. The average Bonchev–Trinajstić information content (AvgIpc) is 2.43. The van der Waals surface area contributed by atoms with Gasteiger partial charge in [-0.25, -0.2) is 0 Å². The van der Waals surface area contributed by atoms with E-state index in [4.69, 9.17) is 11.6 Å². The predicted molar refractivity (Wildman–Crippen MR) is 89.0 cm³/mol. The summed E-state index contributed by atoms with van der Waals surface area (Å²) in [7, 11) is 0. The van der Waals surface area contributed by atoms with Gasteiger partial charge in [0.15, 0.2) is 0 Å². The van der Waals surface area contributed by atoms with Gasteiger partial charge in [-0.2, -0.15) is 0 Å². The van der Waals surface area contributed by atoms with E-state index < -0.39 is 0 Å². The summed E-state index contributed by atoms with van der Waals surface area (Å²) in [5.41, 5.74) is 2.10. The SMILES string of the molecule is Cc1ccc(CC(=O)C[C@@H]2CCCN(C(C)C)C2)cc1Cl. The minimum Gasteiger partial charge on any atom is -0.301 e. The van der Waals surface area contributed by atoms with Crippen molar-refractivity contribution in [3.8, 4) is 0 Å². The van der Waals surface area contributed by atoms with E-state index in [2.05, 4.69) is 18.7 Å². The fourth-order valence-electron chi connectivity index (χ4n) is 3.10. The van der Waals surface area contributed by atoms with Crippen LogP contribution in [0.25, 0.3) is 0 Å². The maximum Gasteiger partial charge on any atom is 0.137 e. The Labute approximate surface area is 133 Å². The van der Waals surface area contributed by atoms with E-state index in [0.717, 1.165) is 22.7 Å². The lowest BCUT2D eigenvalue weighted by molar-refractivity contribution is -0.119. The molecule has 116 valence electrons. The first-order valence-corrected chi connectivity index (χ1v) is 8.34. The van der Waals surface area contributed by atoms with Gasteiger partial charge < -0.3 is 4.90 Å². The molecule has 0 bridgehead atoms. The number of ketones is 1. The number of likely N-dealkylation sites (tertiary alicyclic amines) is 1. The Morgan fingerprint density at radius 2 is 2.19 bits per heavy atom. The summed E-state index contributed by atoms with van der Waals surface area (Å²) in [6.45, 7) is 8.70. The molecule has 2 nitrogen and oxygen atoms in total. The molecule has 21 heavy (non-hydrogen) atoms. The number of nitrogens with zero attached hydrogens (tertiary/aromatic N) is 1. The van der Waals surface area contributed by atoms with Gasteiger partial charge in [0.25, 0.3) is 0 Å². The summed E-state index contributed by atoms with van der Waals surface area (Å²) < 4.78 is 0.